The molecular formula is C19H23N5O. The fraction of sp³-hybridized carbons (Fsp3) is 0.421. The van der Waals surface area contributed by atoms with Crippen LogP contribution in [-0.2, 0) is 6.54 Å². The van der Waals surface area contributed by atoms with Crippen molar-refractivity contribution in [3.05, 3.63) is 54.0 Å². The zero-order chi connectivity index (χ0) is 17.2. The van der Waals surface area contributed by atoms with E-state index in [1.165, 1.54) is 6.42 Å². The largest absolute Gasteiger partial charge is 0.384 e. The van der Waals surface area contributed by atoms with Gasteiger partial charge in [0.1, 0.15) is 5.82 Å². The molecule has 25 heavy (non-hydrogen) atoms. The summed E-state index contributed by atoms with van der Waals surface area (Å²) in [6.07, 6.45) is 5.69. The summed E-state index contributed by atoms with van der Waals surface area (Å²) in [5.41, 5.74) is 7.47. The second kappa shape index (κ2) is 6.80. The van der Waals surface area contributed by atoms with E-state index in [4.69, 9.17) is 5.73 Å². The number of aromatic nitrogens is 2. The van der Waals surface area contributed by atoms with Crippen molar-refractivity contribution in [2.24, 2.45) is 5.92 Å². The number of nitrogen functional groups attached to an aromatic ring is 1. The van der Waals surface area contributed by atoms with Gasteiger partial charge in [-0.2, -0.15) is 0 Å². The number of piperidine rings is 1. The Bertz CT molecular complexity index is 750. The van der Waals surface area contributed by atoms with E-state index in [2.05, 4.69) is 20.9 Å². The maximum atomic E-state index is 13.0. The summed E-state index contributed by atoms with van der Waals surface area (Å²) in [6.45, 7) is 3.59. The SMILES string of the molecule is Nc1cc(C(=O)N2C[C@H]3CC[C@@H]2CN(Cc2ccccn2)C3)ccn1. The molecule has 3 saturated heterocycles. The predicted molar refractivity (Wildman–Crippen MR) is 95.7 cm³/mol. The summed E-state index contributed by atoms with van der Waals surface area (Å²) in [4.78, 5) is 25.9. The zero-order valence-corrected chi connectivity index (χ0v) is 14.2. The minimum absolute atomic E-state index is 0.0727. The van der Waals surface area contributed by atoms with Crippen LogP contribution in [-0.4, -0.2) is 51.4 Å². The Labute approximate surface area is 147 Å². The first-order valence-electron chi connectivity index (χ1n) is 8.84. The van der Waals surface area contributed by atoms with Gasteiger partial charge < -0.3 is 10.6 Å². The van der Waals surface area contributed by atoms with E-state index in [-0.39, 0.29) is 11.9 Å². The molecule has 0 unspecified atom stereocenters. The fourth-order valence-electron chi connectivity index (χ4n) is 4.02. The van der Waals surface area contributed by atoms with Crippen LogP contribution in [0.15, 0.2) is 42.7 Å². The first-order chi connectivity index (χ1) is 12.2. The summed E-state index contributed by atoms with van der Waals surface area (Å²) in [7, 11) is 0. The summed E-state index contributed by atoms with van der Waals surface area (Å²) >= 11 is 0. The van der Waals surface area contributed by atoms with Gasteiger partial charge in [0.25, 0.3) is 5.91 Å². The molecule has 2 bridgehead atoms. The molecule has 3 aliphatic rings. The van der Waals surface area contributed by atoms with E-state index in [1.54, 1.807) is 18.3 Å². The van der Waals surface area contributed by atoms with Crippen LogP contribution in [0, 0.1) is 5.92 Å². The molecule has 130 valence electrons. The molecular weight excluding hydrogens is 314 g/mol. The number of anilines is 1. The number of rotatable bonds is 3. The van der Waals surface area contributed by atoms with Crippen molar-refractivity contribution < 1.29 is 4.79 Å². The first kappa shape index (κ1) is 16.0. The maximum Gasteiger partial charge on any atom is 0.254 e. The average molecular weight is 337 g/mol. The average Bonchev–Trinajstić information content (AvgIpc) is 2.92. The lowest BCUT2D eigenvalue weighted by Gasteiger charge is -2.36. The summed E-state index contributed by atoms with van der Waals surface area (Å²) < 4.78 is 0. The molecule has 0 aromatic carbocycles. The van der Waals surface area contributed by atoms with Gasteiger partial charge in [0.2, 0.25) is 0 Å². The van der Waals surface area contributed by atoms with Crippen LogP contribution >= 0.6 is 0 Å². The Balaban J connectivity index is 1.50. The van der Waals surface area contributed by atoms with Crippen molar-refractivity contribution in [2.45, 2.75) is 25.4 Å². The van der Waals surface area contributed by atoms with Crippen LogP contribution in [0.25, 0.3) is 0 Å². The number of nitrogens with two attached hydrogens (primary N) is 1. The Morgan fingerprint density at radius 1 is 1.12 bits per heavy atom. The monoisotopic (exact) mass is 337 g/mol. The number of hydrogen-bond acceptors (Lipinski definition) is 5. The highest BCUT2D eigenvalue weighted by atomic mass is 16.2. The number of nitrogens with zero attached hydrogens (tertiary/aromatic N) is 4. The van der Waals surface area contributed by atoms with E-state index >= 15 is 0 Å². The van der Waals surface area contributed by atoms with E-state index in [9.17, 15) is 4.79 Å². The molecule has 6 nitrogen and oxygen atoms in total. The molecule has 1 amide bonds. The van der Waals surface area contributed by atoms with E-state index in [1.807, 2.05) is 23.2 Å². The van der Waals surface area contributed by atoms with Crippen molar-refractivity contribution in [3.8, 4) is 0 Å². The number of fused-ring (bicyclic) bond motifs is 4. The molecule has 0 saturated carbocycles. The highest BCUT2D eigenvalue weighted by Crippen LogP contribution is 2.30. The maximum absolute atomic E-state index is 13.0. The molecule has 5 rings (SSSR count). The zero-order valence-electron chi connectivity index (χ0n) is 14.2. The van der Waals surface area contributed by atoms with E-state index in [0.717, 1.165) is 38.3 Å². The molecule has 0 aliphatic carbocycles. The minimum Gasteiger partial charge on any atom is -0.384 e. The van der Waals surface area contributed by atoms with E-state index in [0.29, 0.717) is 17.3 Å². The van der Waals surface area contributed by atoms with Gasteiger partial charge >= 0.3 is 0 Å². The van der Waals surface area contributed by atoms with Crippen LogP contribution in [0.2, 0.25) is 0 Å². The normalized spacial score (nSPS) is 23.4. The third-order valence-corrected chi connectivity index (χ3v) is 5.19. The predicted octanol–water partition coefficient (Wildman–Crippen LogP) is 1.80. The second-order valence-electron chi connectivity index (χ2n) is 7.04. The lowest BCUT2D eigenvalue weighted by molar-refractivity contribution is 0.0585. The summed E-state index contributed by atoms with van der Waals surface area (Å²) in [5, 5.41) is 0. The molecule has 2 atom stereocenters. The minimum atomic E-state index is 0.0727. The smallest absolute Gasteiger partial charge is 0.254 e. The van der Waals surface area contributed by atoms with Crippen molar-refractivity contribution in [1.82, 2.24) is 19.8 Å². The standard InChI is InChI=1S/C19H23N5O/c20-18-9-15(6-8-22-18)19(25)24-11-14-4-5-17(24)13-23(10-14)12-16-3-1-2-7-21-16/h1-3,6-9,14,17H,4-5,10-13H2,(H2,20,22)/t14-,17+/m0/s1. The Kier molecular flexibility index (Phi) is 4.36. The van der Waals surface area contributed by atoms with Crippen molar-refractivity contribution in [1.29, 1.82) is 0 Å². The van der Waals surface area contributed by atoms with Crippen LogP contribution in [0.1, 0.15) is 28.9 Å². The molecule has 5 heterocycles. The molecule has 2 N–H and O–H groups in total. The number of carbonyl (C=O) groups excluding carboxylic acids is 1. The van der Waals surface area contributed by atoms with Gasteiger partial charge in [-0.15, -0.1) is 0 Å². The third kappa shape index (κ3) is 3.49. The van der Waals surface area contributed by atoms with Gasteiger partial charge in [0.15, 0.2) is 0 Å². The third-order valence-electron chi connectivity index (χ3n) is 5.19. The summed E-state index contributed by atoms with van der Waals surface area (Å²) in [5.74, 6) is 0.983. The Morgan fingerprint density at radius 2 is 2.04 bits per heavy atom. The molecule has 0 spiro atoms. The molecule has 2 aromatic rings. The van der Waals surface area contributed by atoms with Gasteiger partial charge in [0.05, 0.1) is 5.69 Å². The second-order valence-corrected chi connectivity index (χ2v) is 7.04. The highest BCUT2D eigenvalue weighted by molar-refractivity contribution is 5.95. The molecule has 3 fully saturated rings. The van der Waals surface area contributed by atoms with Gasteiger partial charge in [0, 0.05) is 50.2 Å². The first-order valence-corrected chi connectivity index (χ1v) is 8.84. The quantitative estimate of drug-likeness (QED) is 0.924. The van der Waals surface area contributed by atoms with Crippen molar-refractivity contribution in [3.63, 3.8) is 0 Å². The van der Waals surface area contributed by atoms with Crippen LogP contribution in [0.4, 0.5) is 5.82 Å². The Hall–Kier alpha value is -2.47. The van der Waals surface area contributed by atoms with Gasteiger partial charge in [-0.05, 0) is 43.0 Å². The molecule has 3 aliphatic heterocycles. The van der Waals surface area contributed by atoms with Crippen molar-refractivity contribution >= 4 is 11.7 Å². The van der Waals surface area contributed by atoms with Gasteiger partial charge in [-0.3, -0.25) is 14.7 Å². The molecule has 0 radical (unpaired) electrons. The van der Waals surface area contributed by atoms with Crippen LogP contribution in [0.5, 0.6) is 0 Å². The van der Waals surface area contributed by atoms with Crippen LogP contribution < -0.4 is 5.73 Å². The fourth-order valence-corrected chi connectivity index (χ4v) is 4.02. The van der Waals surface area contributed by atoms with E-state index < -0.39 is 0 Å². The van der Waals surface area contributed by atoms with Crippen molar-refractivity contribution in [2.75, 3.05) is 25.4 Å². The number of hydrogen-bond donors (Lipinski definition) is 1. The number of carbonyl (C=O) groups is 1. The molecule has 6 heteroatoms. The van der Waals surface area contributed by atoms with Gasteiger partial charge in [-0.25, -0.2) is 4.98 Å². The highest BCUT2D eigenvalue weighted by Gasteiger charge is 2.37. The van der Waals surface area contributed by atoms with Crippen LogP contribution in [0.3, 0.4) is 0 Å². The summed E-state index contributed by atoms with van der Waals surface area (Å²) in [6, 6.07) is 9.71. The number of amides is 1. The van der Waals surface area contributed by atoms with Gasteiger partial charge in [-0.1, -0.05) is 6.07 Å². The lowest BCUT2D eigenvalue weighted by Crippen LogP contribution is -2.47. The topological polar surface area (TPSA) is 75.4 Å². The molecule has 2 aromatic heterocycles. The Morgan fingerprint density at radius 3 is 2.84 bits per heavy atom. The number of pyridine rings is 2. The lowest BCUT2D eigenvalue weighted by atomic mass is 9.94.